The molecule has 0 saturated carbocycles. The number of piperidine rings is 1. The Labute approximate surface area is 236 Å². The van der Waals surface area contributed by atoms with Crippen LogP contribution in [0.2, 0.25) is 0 Å². The Balaban J connectivity index is 1.28. The molecule has 1 aliphatic heterocycles. The van der Waals surface area contributed by atoms with Crippen molar-refractivity contribution in [3.05, 3.63) is 65.9 Å². The highest BCUT2D eigenvalue weighted by molar-refractivity contribution is 7.99. The lowest BCUT2D eigenvalue weighted by molar-refractivity contribution is -0.139. The van der Waals surface area contributed by atoms with Gasteiger partial charge in [0.25, 0.3) is 0 Å². The Morgan fingerprint density at radius 1 is 1.18 bits per heavy atom. The van der Waals surface area contributed by atoms with Gasteiger partial charge in [0, 0.05) is 29.4 Å². The average Bonchev–Trinajstić information content (AvgIpc) is 2.93. The maximum Gasteiger partial charge on any atom is 0.416 e. The Kier molecular flexibility index (Phi) is 10.3. The number of rotatable bonds is 12. The van der Waals surface area contributed by atoms with E-state index in [9.17, 15) is 28.2 Å². The second-order valence-corrected chi connectivity index (χ2v) is 11.5. The van der Waals surface area contributed by atoms with Gasteiger partial charge in [0.05, 0.1) is 24.3 Å². The molecule has 0 aliphatic carbocycles. The number of aliphatic carboxylic acids is 1. The number of nitrogens with zero attached hydrogens (tertiary/aromatic N) is 2. The van der Waals surface area contributed by atoms with E-state index in [-0.39, 0.29) is 18.3 Å². The molecular formula is C30H35F3N2O4S. The van der Waals surface area contributed by atoms with Gasteiger partial charge >= 0.3 is 12.1 Å². The Bertz CT molecular complexity index is 1270. The van der Waals surface area contributed by atoms with E-state index in [1.807, 2.05) is 24.3 Å². The Morgan fingerprint density at radius 2 is 1.95 bits per heavy atom. The summed E-state index contributed by atoms with van der Waals surface area (Å²) in [7, 11) is 1.60. The smallest absolute Gasteiger partial charge is 0.416 e. The number of alkyl halides is 3. The number of carboxylic acid groups (broad SMARTS) is 1. The Hall–Kier alpha value is -2.82. The molecule has 0 bridgehead atoms. The number of hydrogen-bond acceptors (Lipinski definition) is 6. The number of halogens is 3. The molecule has 0 amide bonds. The molecule has 0 unspecified atom stereocenters. The lowest BCUT2D eigenvalue weighted by atomic mass is 9.79. The summed E-state index contributed by atoms with van der Waals surface area (Å²) < 4.78 is 43.6. The van der Waals surface area contributed by atoms with Crippen molar-refractivity contribution in [2.45, 2.75) is 49.3 Å². The summed E-state index contributed by atoms with van der Waals surface area (Å²) in [4.78, 5) is 19.1. The van der Waals surface area contributed by atoms with Crippen molar-refractivity contribution in [3.63, 3.8) is 0 Å². The summed E-state index contributed by atoms with van der Waals surface area (Å²) in [6.45, 7) is 2.36. The molecule has 40 heavy (non-hydrogen) atoms. The first-order valence-corrected chi connectivity index (χ1v) is 14.5. The second kappa shape index (κ2) is 13.7. The zero-order valence-electron chi connectivity index (χ0n) is 22.4. The first-order chi connectivity index (χ1) is 19.1. The number of fused-ring (bicyclic) bond motifs is 1. The number of methoxy groups -OCH3 is 1. The minimum atomic E-state index is -4.33. The number of carboxylic acids is 1. The summed E-state index contributed by atoms with van der Waals surface area (Å²) in [5.74, 6) is 0.843. The first-order valence-electron chi connectivity index (χ1n) is 13.5. The number of aliphatic hydroxyl groups is 1. The lowest BCUT2D eigenvalue weighted by Gasteiger charge is -2.38. The monoisotopic (exact) mass is 576 g/mol. The summed E-state index contributed by atoms with van der Waals surface area (Å²) in [6, 6.07) is 12.6. The van der Waals surface area contributed by atoms with Gasteiger partial charge in [0.1, 0.15) is 5.75 Å². The van der Waals surface area contributed by atoms with Crippen molar-refractivity contribution in [1.29, 1.82) is 0 Å². The molecular weight excluding hydrogens is 541 g/mol. The van der Waals surface area contributed by atoms with Gasteiger partial charge in [-0.05, 0) is 110 Å². The third-order valence-corrected chi connectivity index (χ3v) is 8.73. The first kappa shape index (κ1) is 30.1. The summed E-state index contributed by atoms with van der Waals surface area (Å²) >= 11 is 1.52. The average molecular weight is 577 g/mol. The molecule has 6 nitrogen and oxygen atoms in total. The van der Waals surface area contributed by atoms with E-state index in [2.05, 4.69) is 9.88 Å². The number of carbonyl (C=O) groups is 1. The van der Waals surface area contributed by atoms with Gasteiger partial charge in [-0.25, -0.2) is 0 Å². The number of hydrogen-bond donors (Lipinski definition) is 2. The molecule has 3 aromatic rings. The number of aromatic nitrogens is 1. The molecule has 0 radical (unpaired) electrons. The zero-order valence-corrected chi connectivity index (χ0v) is 23.3. The van der Waals surface area contributed by atoms with Crippen molar-refractivity contribution in [2.75, 3.05) is 32.5 Å². The zero-order chi connectivity index (χ0) is 28.7. The molecule has 2 aromatic carbocycles. The number of benzene rings is 2. The topological polar surface area (TPSA) is 82.9 Å². The molecule has 1 aromatic heterocycles. The normalized spacial score (nSPS) is 19.0. The van der Waals surface area contributed by atoms with Crippen LogP contribution < -0.4 is 4.74 Å². The minimum absolute atomic E-state index is 0.00436. The van der Waals surface area contributed by atoms with Gasteiger partial charge in [-0.1, -0.05) is 0 Å². The van der Waals surface area contributed by atoms with Crippen LogP contribution in [-0.4, -0.2) is 58.6 Å². The van der Waals surface area contributed by atoms with Crippen LogP contribution >= 0.6 is 11.8 Å². The summed E-state index contributed by atoms with van der Waals surface area (Å²) in [6.07, 6.45) is -0.271. The molecule has 4 rings (SSSR count). The standard InChI is InChI=1S/C30H35F3N2O4S/c1-39-23-6-9-27-26(18-23)25(11-13-34-27)28(36)10-3-20-12-15-35(19-21(20)17-29(37)38)14-2-16-40-24-7-4-22(5-8-24)30(31,32)33/h4-9,11,13,18,20-21,28,36H,2-3,10,12,14-17,19H2,1H3,(H,37,38)/t20-,21+,28+/m1/s1. The SMILES string of the molecule is COc1ccc2nccc([C@@H](O)CC[C@@H]3CCN(CCCSc4ccc(C(F)(F)F)cc4)C[C@@H]3CC(=O)O)c2c1. The van der Waals surface area contributed by atoms with Crippen LogP contribution in [0.5, 0.6) is 5.75 Å². The fourth-order valence-electron chi connectivity index (χ4n) is 5.50. The predicted molar refractivity (Wildman–Crippen MR) is 150 cm³/mol. The van der Waals surface area contributed by atoms with Crippen molar-refractivity contribution < 1.29 is 32.9 Å². The van der Waals surface area contributed by atoms with Gasteiger partial charge in [-0.3, -0.25) is 9.78 Å². The van der Waals surface area contributed by atoms with E-state index in [0.29, 0.717) is 18.7 Å². The molecule has 10 heteroatoms. The maximum absolute atomic E-state index is 12.8. The minimum Gasteiger partial charge on any atom is -0.497 e. The molecule has 1 saturated heterocycles. The van der Waals surface area contributed by atoms with E-state index < -0.39 is 23.8 Å². The van der Waals surface area contributed by atoms with Crippen molar-refractivity contribution in [3.8, 4) is 5.75 Å². The third kappa shape index (κ3) is 8.11. The molecule has 1 fully saturated rings. The number of thioether (sulfide) groups is 1. The van der Waals surface area contributed by atoms with Crippen LogP contribution in [-0.2, 0) is 11.0 Å². The Morgan fingerprint density at radius 3 is 2.65 bits per heavy atom. The van der Waals surface area contributed by atoms with Gasteiger partial charge < -0.3 is 19.8 Å². The van der Waals surface area contributed by atoms with E-state index in [1.54, 1.807) is 13.3 Å². The summed E-state index contributed by atoms with van der Waals surface area (Å²) in [5.41, 5.74) is 0.929. The van der Waals surface area contributed by atoms with E-state index in [1.165, 1.54) is 23.9 Å². The molecule has 1 aliphatic rings. The van der Waals surface area contributed by atoms with Gasteiger partial charge in [0.15, 0.2) is 0 Å². The fraction of sp³-hybridized carbons (Fsp3) is 0.467. The number of pyridine rings is 1. The maximum atomic E-state index is 12.8. The van der Waals surface area contributed by atoms with Crippen LogP contribution in [0.3, 0.4) is 0 Å². The summed E-state index contributed by atoms with van der Waals surface area (Å²) in [5, 5.41) is 21.5. The van der Waals surface area contributed by atoms with Crippen LogP contribution in [0, 0.1) is 11.8 Å². The highest BCUT2D eigenvalue weighted by atomic mass is 32.2. The molecule has 216 valence electrons. The highest BCUT2D eigenvalue weighted by Gasteiger charge is 2.32. The third-order valence-electron chi connectivity index (χ3n) is 7.63. The van der Waals surface area contributed by atoms with Crippen molar-refractivity contribution in [1.82, 2.24) is 9.88 Å². The largest absolute Gasteiger partial charge is 0.497 e. The highest BCUT2D eigenvalue weighted by Crippen LogP contribution is 2.35. The lowest BCUT2D eigenvalue weighted by Crippen LogP contribution is -2.42. The van der Waals surface area contributed by atoms with E-state index >= 15 is 0 Å². The van der Waals surface area contributed by atoms with Crippen LogP contribution in [0.25, 0.3) is 10.9 Å². The van der Waals surface area contributed by atoms with Gasteiger partial charge in [-0.2, -0.15) is 13.2 Å². The fourth-order valence-corrected chi connectivity index (χ4v) is 6.34. The van der Waals surface area contributed by atoms with Crippen molar-refractivity contribution in [2.24, 2.45) is 11.8 Å². The molecule has 3 atom stereocenters. The predicted octanol–water partition coefficient (Wildman–Crippen LogP) is 6.67. The van der Waals surface area contributed by atoms with Crippen LogP contribution in [0.1, 0.15) is 49.3 Å². The van der Waals surface area contributed by atoms with E-state index in [4.69, 9.17) is 4.74 Å². The molecule has 0 spiro atoms. The number of ether oxygens (including phenoxy) is 1. The quantitative estimate of drug-likeness (QED) is 0.184. The van der Waals surface area contributed by atoms with Gasteiger partial charge in [-0.15, -0.1) is 11.8 Å². The van der Waals surface area contributed by atoms with Crippen LogP contribution in [0.15, 0.2) is 59.6 Å². The van der Waals surface area contributed by atoms with Crippen molar-refractivity contribution >= 4 is 28.6 Å². The molecule has 2 heterocycles. The molecule has 2 N–H and O–H groups in total. The van der Waals surface area contributed by atoms with Gasteiger partial charge in [0.2, 0.25) is 0 Å². The van der Waals surface area contributed by atoms with E-state index in [0.717, 1.165) is 71.6 Å². The second-order valence-electron chi connectivity index (χ2n) is 10.3. The van der Waals surface area contributed by atoms with Crippen LogP contribution in [0.4, 0.5) is 13.2 Å². The number of likely N-dealkylation sites (tertiary alicyclic amines) is 1. The number of aliphatic hydroxyl groups excluding tert-OH is 1.